The van der Waals surface area contributed by atoms with Gasteiger partial charge in [0.25, 0.3) is 0 Å². The predicted octanol–water partition coefficient (Wildman–Crippen LogP) is 1.07. The van der Waals surface area contributed by atoms with Gasteiger partial charge in [-0.05, 0) is 37.4 Å². The SMILES string of the molecule is O=C(CO)N1C[C@H](c2ccccc2)[C@H]2[C@@H]1C1CCN2CC1. The molecule has 21 heavy (non-hydrogen) atoms. The van der Waals surface area contributed by atoms with Crippen LogP contribution in [0.2, 0.25) is 0 Å². The van der Waals surface area contributed by atoms with Gasteiger partial charge in [-0.2, -0.15) is 0 Å². The number of benzene rings is 1. The highest BCUT2D eigenvalue weighted by Gasteiger charge is 2.54. The molecule has 0 unspecified atom stereocenters. The Labute approximate surface area is 125 Å². The van der Waals surface area contributed by atoms with Crippen molar-refractivity contribution in [3.8, 4) is 0 Å². The van der Waals surface area contributed by atoms with Crippen molar-refractivity contribution in [1.82, 2.24) is 9.80 Å². The molecule has 4 nitrogen and oxygen atoms in total. The van der Waals surface area contributed by atoms with Gasteiger partial charge < -0.3 is 10.0 Å². The molecule has 4 saturated heterocycles. The van der Waals surface area contributed by atoms with Gasteiger partial charge in [-0.1, -0.05) is 30.3 Å². The van der Waals surface area contributed by atoms with Crippen LogP contribution in [-0.4, -0.2) is 59.1 Å². The van der Waals surface area contributed by atoms with Crippen LogP contribution >= 0.6 is 0 Å². The number of nitrogens with zero attached hydrogens (tertiary/aromatic N) is 2. The smallest absolute Gasteiger partial charge is 0.248 e. The maximum atomic E-state index is 12.2. The molecule has 4 aliphatic rings. The first-order valence-electron chi connectivity index (χ1n) is 7.99. The number of rotatable bonds is 2. The number of aliphatic hydroxyl groups is 1. The molecular formula is C17H22N2O2. The Bertz CT molecular complexity index is 525. The molecule has 5 rings (SSSR count). The summed E-state index contributed by atoms with van der Waals surface area (Å²) in [5.41, 5.74) is 1.33. The summed E-state index contributed by atoms with van der Waals surface area (Å²) in [7, 11) is 0. The van der Waals surface area contributed by atoms with Crippen LogP contribution in [-0.2, 0) is 4.79 Å². The molecule has 1 amide bonds. The molecule has 1 aromatic carbocycles. The van der Waals surface area contributed by atoms with E-state index in [4.69, 9.17) is 0 Å². The third-order valence-electron chi connectivity index (χ3n) is 5.68. The van der Waals surface area contributed by atoms with Crippen LogP contribution < -0.4 is 0 Å². The number of amides is 1. The van der Waals surface area contributed by atoms with E-state index in [0.717, 1.165) is 19.6 Å². The highest BCUT2D eigenvalue weighted by Crippen LogP contribution is 2.46. The van der Waals surface area contributed by atoms with Crippen molar-refractivity contribution < 1.29 is 9.90 Å². The molecule has 0 spiro atoms. The minimum atomic E-state index is -0.364. The van der Waals surface area contributed by atoms with Crippen molar-refractivity contribution in [2.75, 3.05) is 26.2 Å². The first kappa shape index (κ1) is 13.3. The fraction of sp³-hybridized carbons (Fsp3) is 0.588. The molecule has 2 bridgehead atoms. The van der Waals surface area contributed by atoms with Gasteiger partial charge in [0.2, 0.25) is 5.91 Å². The third kappa shape index (κ3) is 2.00. The maximum Gasteiger partial charge on any atom is 0.248 e. The molecule has 0 aromatic heterocycles. The van der Waals surface area contributed by atoms with Gasteiger partial charge in [-0.3, -0.25) is 9.69 Å². The lowest BCUT2D eigenvalue weighted by atomic mass is 9.75. The minimum absolute atomic E-state index is 0.0998. The molecule has 0 saturated carbocycles. The van der Waals surface area contributed by atoms with Gasteiger partial charge in [0.05, 0.1) is 6.04 Å². The van der Waals surface area contributed by atoms with E-state index in [1.54, 1.807) is 0 Å². The van der Waals surface area contributed by atoms with Crippen molar-refractivity contribution in [2.45, 2.75) is 30.8 Å². The summed E-state index contributed by atoms with van der Waals surface area (Å²) >= 11 is 0. The zero-order valence-electron chi connectivity index (χ0n) is 12.2. The van der Waals surface area contributed by atoms with Crippen LogP contribution in [0.1, 0.15) is 24.3 Å². The molecule has 4 aliphatic heterocycles. The van der Waals surface area contributed by atoms with Gasteiger partial charge >= 0.3 is 0 Å². The molecule has 0 aliphatic carbocycles. The Balaban J connectivity index is 1.71. The quantitative estimate of drug-likeness (QED) is 0.884. The van der Waals surface area contributed by atoms with Gasteiger partial charge in [-0.25, -0.2) is 0 Å². The van der Waals surface area contributed by atoms with E-state index >= 15 is 0 Å². The number of hydrogen-bond acceptors (Lipinski definition) is 3. The molecular weight excluding hydrogens is 264 g/mol. The van der Waals surface area contributed by atoms with Gasteiger partial charge in [0.1, 0.15) is 6.61 Å². The van der Waals surface area contributed by atoms with Crippen molar-refractivity contribution in [2.24, 2.45) is 5.92 Å². The minimum Gasteiger partial charge on any atom is -0.387 e. The Hall–Kier alpha value is -1.39. The number of fused-ring (bicyclic) bond motifs is 2. The molecule has 112 valence electrons. The molecule has 1 N–H and O–H groups in total. The summed E-state index contributed by atoms with van der Waals surface area (Å²) in [6.45, 7) is 2.72. The number of hydrogen-bond donors (Lipinski definition) is 1. The number of carbonyl (C=O) groups is 1. The van der Waals surface area contributed by atoms with Crippen molar-refractivity contribution in [3.63, 3.8) is 0 Å². The first-order chi connectivity index (χ1) is 10.3. The summed E-state index contributed by atoms with van der Waals surface area (Å²) in [5.74, 6) is 0.899. The van der Waals surface area contributed by atoms with Crippen molar-refractivity contribution >= 4 is 5.91 Å². The van der Waals surface area contributed by atoms with Gasteiger partial charge in [0, 0.05) is 18.5 Å². The van der Waals surface area contributed by atoms with Crippen molar-refractivity contribution in [1.29, 1.82) is 0 Å². The molecule has 4 fully saturated rings. The highest BCUT2D eigenvalue weighted by atomic mass is 16.3. The first-order valence-corrected chi connectivity index (χ1v) is 7.99. The Kier molecular flexibility index (Phi) is 3.23. The maximum absolute atomic E-state index is 12.2. The Morgan fingerprint density at radius 3 is 2.52 bits per heavy atom. The van der Waals surface area contributed by atoms with Crippen LogP contribution in [0.3, 0.4) is 0 Å². The van der Waals surface area contributed by atoms with E-state index in [2.05, 4.69) is 29.2 Å². The van der Waals surface area contributed by atoms with Crippen LogP contribution in [0.25, 0.3) is 0 Å². The van der Waals surface area contributed by atoms with E-state index in [1.165, 1.54) is 18.4 Å². The summed E-state index contributed by atoms with van der Waals surface area (Å²) in [5, 5.41) is 9.31. The fourth-order valence-electron chi connectivity index (χ4n) is 4.79. The van der Waals surface area contributed by atoms with E-state index < -0.39 is 0 Å². The van der Waals surface area contributed by atoms with Gasteiger partial charge in [-0.15, -0.1) is 0 Å². The molecule has 3 atom stereocenters. The van der Waals surface area contributed by atoms with Crippen LogP contribution in [0.15, 0.2) is 30.3 Å². The fourth-order valence-corrected chi connectivity index (χ4v) is 4.79. The average Bonchev–Trinajstić information content (AvgIpc) is 2.99. The lowest BCUT2D eigenvalue weighted by Gasteiger charge is -2.51. The Morgan fingerprint density at radius 1 is 1.14 bits per heavy atom. The summed E-state index contributed by atoms with van der Waals surface area (Å²) in [6, 6.07) is 11.3. The number of piperidine rings is 3. The molecule has 4 heterocycles. The lowest BCUT2D eigenvalue weighted by molar-refractivity contribution is -0.138. The largest absolute Gasteiger partial charge is 0.387 e. The standard InChI is InChI=1S/C17H22N2O2/c20-11-15(21)19-10-14(12-4-2-1-3-5-12)17-16(19)13-6-8-18(17)9-7-13/h1-5,13-14,16-17,20H,6-11H2/t14-,16+,17+/m1/s1. The number of aliphatic hydroxyl groups excluding tert-OH is 1. The lowest BCUT2D eigenvalue weighted by Crippen LogP contribution is -2.61. The van der Waals surface area contributed by atoms with Crippen molar-refractivity contribution in [3.05, 3.63) is 35.9 Å². The topological polar surface area (TPSA) is 43.8 Å². The normalized spacial score (nSPS) is 37.6. The summed E-state index contributed by atoms with van der Waals surface area (Å²) < 4.78 is 0. The van der Waals surface area contributed by atoms with Crippen LogP contribution in [0.5, 0.6) is 0 Å². The monoisotopic (exact) mass is 286 g/mol. The van der Waals surface area contributed by atoms with E-state index in [0.29, 0.717) is 23.9 Å². The second-order valence-corrected chi connectivity index (χ2v) is 6.58. The van der Waals surface area contributed by atoms with Crippen LogP contribution in [0, 0.1) is 5.92 Å². The Morgan fingerprint density at radius 2 is 1.86 bits per heavy atom. The van der Waals surface area contributed by atoms with Crippen LogP contribution in [0.4, 0.5) is 0 Å². The molecule has 1 aromatic rings. The third-order valence-corrected chi connectivity index (χ3v) is 5.68. The van der Waals surface area contributed by atoms with E-state index in [-0.39, 0.29) is 12.5 Å². The second kappa shape index (κ2) is 5.11. The number of likely N-dealkylation sites (tertiary alicyclic amines) is 1. The second-order valence-electron chi connectivity index (χ2n) is 6.58. The molecule has 4 heteroatoms. The zero-order valence-corrected chi connectivity index (χ0v) is 12.2. The van der Waals surface area contributed by atoms with Gasteiger partial charge in [0.15, 0.2) is 0 Å². The zero-order chi connectivity index (χ0) is 14.4. The summed E-state index contributed by atoms with van der Waals surface area (Å²) in [6.07, 6.45) is 2.38. The summed E-state index contributed by atoms with van der Waals surface area (Å²) in [4.78, 5) is 16.7. The highest BCUT2D eigenvalue weighted by molar-refractivity contribution is 5.78. The van der Waals surface area contributed by atoms with E-state index in [1.807, 2.05) is 11.0 Å². The average molecular weight is 286 g/mol. The van der Waals surface area contributed by atoms with E-state index in [9.17, 15) is 9.90 Å². The number of carbonyl (C=O) groups excluding carboxylic acids is 1. The molecule has 0 radical (unpaired) electrons. The predicted molar refractivity (Wildman–Crippen MR) is 79.9 cm³/mol.